The molecule has 4 aromatic carbocycles. The van der Waals surface area contributed by atoms with Gasteiger partial charge in [0.15, 0.2) is 10.9 Å². The van der Waals surface area contributed by atoms with Crippen molar-refractivity contribution in [2.75, 3.05) is 0 Å². The minimum Gasteiger partial charge on any atom is -0.508 e. The second-order valence-electron chi connectivity index (χ2n) is 9.30. The molecule has 0 spiro atoms. The molecule has 0 amide bonds. The second-order valence-corrected chi connectivity index (χ2v) is 9.30. The van der Waals surface area contributed by atoms with Crippen LogP contribution in [0.4, 0.5) is 0 Å². The maximum absolute atomic E-state index is 12.6. The van der Waals surface area contributed by atoms with Gasteiger partial charge in [-0.3, -0.25) is 14.4 Å². The number of phenols is 2. The first kappa shape index (κ1) is 27.0. The second kappa shape index (κ2) is 11.2. The van der Waals surface area contributed by atoms with E-state index < -0.39 is 0 Å². The van der Waals surface area contributed by atoms with Gasteiger partial charge in [0.2, 0.25) is 0 Å². The van der Waals surface area contributed by atoms with Crippen LogP contribution in [0.25, 0.3) is 44.2 Å². The van der Waals surface area contributed by atoms with Crippen LogP contribution in [0.15, 0.2) is 116 Å². The van der Waals surface area contributed by atoms with Crippen LogP contribution in [0, 0.1) is 6.92 Å². The third-order valence-electron chi connectivity index (χ3n) is 6.29. The predicted molar refractivity (Wildman–Crippen MR) is 155 cm³/mol. The molecular weight excluding hydrogens is 524 g/mol. The number of esters is 1. The molecule has 0 aliphatic rings. The van der Waals surface area contributed by atoms with E-state index in [1.807, 2.05) is 19.1 Å². The molecule has 6 rings (SSSR count). The van der Waals surface area contributed by atoms with E-state index in [-0.39, 0.29) is 28.3 Å². The molecule has 0 aliphatic heterocycles. The largest absolute Gasteiger partial charge is 0.508 e. The number of fused-ring (bicyclic) bond motifs is 2. The number of phenolic OH excluding ortho intramolecular Hbond substituents is 2. The first-order valence-electron chi connectivity index (χ1n) is 12.5. The summed E-state index contributed by atoms with van der Waals surface area (Å²) >= 11 is 0. The van der Waals surface area contributed by atoms with E-state index in [1.165, 1.54) is 49.8 Å². The van der Waals surface area contributed by atoms with Crippen LogP contribution < -0.4 is 15.6 Å². The maximum Gasteiger partial charge on any atom is 0.308 e. The Balaban J connectivity index is 0.000000166. The summed E-state index contributed by atoms with van der Waals surface area (Å²) < 4.78 is 15.9. The molecule has 2 aromatic heterocycles. The molecule has 0 unspecified atom stereocenters. The van der Waals surface area contributed by atoms with Gasteiger partial charge in [-0.15, -0.1) is 0 Å². The monoisotopic (exact) mass is 548 g/mol. The topological polar surface area (TPSA) is 127 Å². The number of ether oxygens (including phenoxy) is 1. The van der Waals surface area contributed by atoms with Gasteiger partial charge in [-0.05, 0) is 72.1 Å². The van der Waals surface area contributed by atoms with E-state index in [4.69, 9.17) is 13.6 Å². The molecule has 0 bridgehead atoms. The van der Waals surface area contributed by atoms with E-state index in [0.29, 0.717) is 49.9 Å². The number of hydrogen-bond donors (Lipinski definition) is 2. The third kappa shape index (κ3) is 5.86. The highest BCUT2D eigenvalue weighted by Gasteiger charge is 2.11. The average Bonchev–Trinajstić information content (AvgIpc) is 2.95. The lowest BCUT2D eigenvalue weighted by atomic mass is 10.0. The van der Waals surface area contributed by atoms with Crippen molar-refractivity contribution >= 4 is 27.9 Å². The highest BCUT2D eigenvalue weighted by molar-refractivity contribution is 5.83. The normalized spacial score (nSPS) is 10.7. The number of rotatable bonds is 3. The van der Waals surface area contributed by atoms with Crippen molar-refractivity contribution in [2.45, 2.75) is 13.8 Å². The fourth-order valence-electron chi connectivity index (χ4n) is 4.26. The van der Waals surface area contributed by atoms with Gasteiger partial charge in [-0.1, -0.05) is 30.3 Å². The number of aryl methyl sites for hydroxylation is 1. The highest BCUT2D eigenvalue weighted by atomic mass is 16.5. The molecule has 0 saturated carbocycles. The van der Waals surface area contributed by atoms with Crippen molar-refractivity contribution in [1.82, 2.24) is 0 Å². The van der Waals surface area contributed by atoms with Gasteiger partial charge in [0, 0.05) is 13.0 Å². The number of carbonyl (C=O) groups excluding carboxylic acids is 1. The number of benzene rings is 4. The number of carbonyl (C=O) groups is 1. The predicted octanol–water partition coefficient (Wildman–Crippen LogP) is 6.56. The fraction of sp³-hybridized carbons (Fsp3) is 0.0606. The Kier molecular flexibility index (Phi) is 7.39. The lowest BCUT2D eigenvalue weighted by molar-refractivity contribution is -0.131. The average molecular weight is 549 g/mol. The van der Waals surface area contributed by atoms with Crippen molar-refractivity contribution in [3.05, 3.63) is 123 Å². The Morgan fingerprint density at radius 3 is 1.71 bits per heavy atom. The van der Waals surface area contributed by atoms with Crippen LogP contribution in [-0.2, 0) is 4.79 Å². The minimum absolute atomic E-state index is 0.0491. The first-order chi connectivity index (χ1) is 19.7. The smallest absolute Gasteiger partial charge is 0.308 e. The summed E-state index contributed by atoms with van der Waals surface area (Å²) in [5.74, 6) is 0.247. The summed E-state index contributed by atoms with van der Waals surface area (Å²) in [6.45, 7) is 3.29. The van der Waals surface area contributed by atoms with E-state index >= 15 is 0 Å². The molecule has 2 N–H and O–H groups in total. The van der Waals surface area contributed by atoms with Crippen molar-refractivity contribution in [1.29, 1.82) is 0 Å². The van der Waals surface area contributed by atoms with Crippen molar-refractivity contribution in [3.63, 3.8) is 0 Å². The Bertz CT molecular complexity index is 2000. The van der Waals surface area contributed by atoms with Gasteiger partial charge < -0.3 is 23.8 Å². The Hall–Kier alpha value is -5.63. The zero-order valence-corrected chi connectivity index (χ0v) is 22.1. The molecule has 2 heterocycles. The summed E-state index contributed by atoms with van der Waals surface area (Å²) in [7, 11) is 0. The molecule has 204 valence electrons. The number of hydrogen-bond acceptors (Lipinski definition) is 8. The molecule has 0 atom stereocenters. The Morgan fingerprint density at radius 1 is 0.659 bits per heavy atom. The van der Waals surface area contributed by atoms with E-state index in [9.17, 15) is 24.6 Å². The van der Waals surface area contributed by atoms with Crippen molar-refractivity contribution in [3.8, 4) is 39.5 Å². The zero-order valence-electron chi connectivity index (χ0n) is 22.1. The molecule has 0 fully saturated rings. The maximum atomic E-state index is 12.6. The van der Waals surface area contributed by atoms with Crippen LogP contribution in [0.5, 0.6) is 17.2 Å². The summed E-state index contributed by atoms with van der Waals surface area (Å²) in [6.07, 6.45) is 2.82. The van der Waals surface area contributed by atoms with Crippen LogP contribution in [0.2, 0.25) is 0 Å². The molecule has 41 heavy (non-hydrogen) atoms. The zero-order chi connectivity index (χ0) is 29.1. The van der Waals surface area contributed by atoms with Crippen molar-refractivity contribution < 1.29 is 28.6 Å². The van der Waals surface area contributed by atoms with Gasteiger partial charge in [0.1, 0.15) is 40.9 Å². The van der Waals surface area contributed by atoms with Gasteiger partial charge in [-0.2, -0.15) is 0 Å². The summed E-state index contributed by atoms with van der Waals surface area (Å²) in [5, 5.41) is 19.5. The molecule has 0 radical (unpaired) electrons. The summed E-state index contributed by atoms with van der Waals surface area (Å²) in [5.41, 5.74) is 3.97. The Morgan fingerprint density at radius 2 is 1.15 bits per heavy atom. The minimum atomic E-state index is -0.381. The highest BCUT2D eigenvalue weighted by Crippen LogP contribution is 2.25. The molecular formula is C33H24O8. The van der Waals surface area contributed by atoms with Crippen LogP contribution >= 0.6 is 0 Å². The van der Waals surface area contributed by atoms with E-state index in [0.717, 1.165) is 5.56 Å². The lowest BCUT2D eigenvalue weighted by Crippen LogP contribution is -2.05. The van der Waals surface area contributed by atoms with Gasteiger partial charge in [-0.25, -0.2) is 0 Å². The standard InChI is InChI=1S/C18H14O4.C15H10O4/c1-11-3-8-15-17(9-11)21-10-16(18(15)20)13-4-6-14(7-5-13)22-12(2)19;16-10-3-1-9(2-4-10)13-8-19-14-7-11(17)5-6-12(14)15(13)18/h3-10H,1-2H3;1-8,16-17H. The van der Waals surface area contributed by atoms with Gasteiger partial charge in [0.25, 0.3) is 0 Å². The first-order valence-corrected chi connectivity index (χ1v) is 12.5. The van der Waals surface area contributed by atoms with Crippen LogP contribution in [0.1, 0.15) is 12.5 Å². The molecule has 0 aliphatic carbocycles. The summed E-state index contributed by atoms with van der Waals surface area (Å²) in [4.78, 5) is 35.8. The van der Waals surface area contributed by atoms with Gasteiger partial charge in [0.05, 0.1) is 21.9 Å². The van der Waals surface area contributed by atoms with Crippen molar-refractivity contribution in [2.24, 2.45) is 0 Å². The Labute approximate surface area is 233 Å². The molecule has 6 aromatic rings. The fourth-order valence-corrected chi connectivity index (χ4v) is 4.26. The molecule has 8 nitrogen and oxygen atoms in total. The number of aromatic hydroxyl groups is 2. The van der Waals surface area contributed by atoms with E-state index in [2.05, 4.69) is 0 Å². The SMILES string of the molecule is CC(=O)Oc1ccc(-c2coc3cc(C)ccc3c2=O)cc1.O=c1c(-c2ccc(O)cc2)coc2cc(O)ccc12. The molecule has 0 saturated heterocycles. The summed E-state index contributed by atoms with van der Waals surface area (Å²) in [6, 6.07) is 22.9. The van der Waals surface area contributed by atoms with Crippen LogP contribution in [0.3, 0.4) is 0 Å². The van der Waals surface area contributed by atoms with E-state index in [1.54, 1.807) is 42.5 Å². The van der Waals surface area contributed by atoms with Gasteiger partial charge >= 0.3 is 5.97 Å². The third-order valence-corrected chi connectivity index (χ3v) is 6.29. The quantitative estimate of drug-likeness (QED) is 0.188. The van der Waals surface area contributed by atoms with Crippen LogP contribution in [-0.4, -0.2) is 16.2 Å². The molecule has 8 heteroatoms. The lowest BCUT2D eigenvalue weighted by Gasteiger charge is -2.05.